The van der Waals surface area contributed by atoms with E-state index in [-0.39, 0.29) is 5.97 Å². The predicted molar refractivity (Wildman–Crippen MR) is 107 cm³/mol. The molecule has 0 spiro atoms. The topological polar surface area (TPSA) is 64.1 Å². The molecule has 5 nitrogen and oxygen atoms in total. The molecule has 0 atom stereocenters. The molecule has 27 heavy (non-hydrogen) atoms. The van der Waals surface area contributed by atoms with E-state index in [0.29, 0.717) is 40.9 Å². The van der Waals surface area contributed by atoms with Gasteiger partial charge >= 0.3 is 5.97 Å². The SMILES string of the molecule is O=C(CC1CCC(CNc2nccnc2Cl)CC1)OCc1ccc(Cl)cc1. The number of aromatic nitrogens is 2. The number of anilines is 1. The van der Waals surface area contributed by atoms with Gasteiger partial charge in [0.05, 0.1) is 0 Å². The second-order valence-corrected chi connectivity index (χ2v) is 7.75. The number of carbonyl (C=O) groups is 1. The van der Waals surface area contributed by atoms with Crippen LogP contribution < -0.4 is 5.32 Å². The summed E-state index contributed by atoms with van der Waals surface area (Å²) in [6.07, 6.45) is 7.93. The Kier molecular flexibility index (Phi) is 7.30. The van der Waals surface area contributed by atoms with E-state index in [4.69, 9.17) is 27.9 Å². The van der Waals surface area contributed by atoms with Gasteiger partial charge in [-0.15, -0.1) is 0 Å². The van der Waals surface area contributed by atoms with Gasteiger partial charge in [0.2, 0.25) is 0 Å². The van der Waals surface area contributed by atoms with Gasteiger partial charge in [-0.25, -0.2) is 9.97 Å². The van der Waals surface area contributed by atoms with Crippen LogP contribution >= 0.6 is 23.2 Å². The molecule has 1 aromatic carbocycles. The minimum absolute atomic E-state index is 0.127. The van der Waals surface area contributed by atoms with Crippen molar-refractivity contribution in [1.29, 1.82) is 0 Å². The van der Waals surface area contributed by atoms with Gasteiger partial charge in [0.15, 0.2) is 11.0 Å². The Morgan fingerprint density at radius 1 is 1.04 bits per heavy atom. The predicted octanol–water partition coefficient (Wildman–Crippen LogP) is 5.14. The average molecular weight is 408 g/mol. The highest BCUT2D eigenvalue weighted by Crippen LogP contribution is 2.31. The summed E-state index contributed by atoms with van der Waals surface area (Å²) < 4.78 is 5.39. The first kappa shape index (κ1) is 19.9. The van der Waals surface area contributed by atoms with Crippen LogP contribution in [0.1, 0.15) is 37.7 Å². The second kappa shape index (κ2) is 9.90. The van der Waals surface area contributed by atoms with Crippen molar-refractivity contribution in [1.82, 2.24) is 9.97 Å². The van der Waals surface area contributed by atoms with Crippen molar-refractivity contribution in [2.24, 2.45) is 11.8 Å². The highest BCUT2D eigenvalue weighted by atomic mass is 35.5. The van der Waals surface area contributed by atoms with Crippen LogP contribution in [0.4, 0.5) is 5.82 Å². The van der Waals surface area contributed by atoms with Crippen LogP contribution in [0.3, 0.4) is 0 Å². The molecule has 7 heteroatoms. The fourth-order valence-electron chi connectivity index (χ4n) is 3.36. The lowest BCUT2D eigenvalue weighted by molar-refractivity contribution is -0.146. The smallest absolute Gasteiger partial charge is 0.306 e. The van der Waals surface area contributed by atoms with E-state index in [1.165, 1.54) is 0 Å². The molecule has 1 heterocycles. The Labute approximate surface area is 169 Å². The fourth-order valence-corrected chi connectivity index (χ4v) is 3.66. The van der Waals surface area contributed by atoms with Crippen LogP contribution in [0.5, 0.6) is 0 Å². The van der Waals surface area contributed by atoms with E-state index in [1.807, 2.05) is 12.1 Å². The Hall–Kier alpha value is -1.85. The van der Waals surface area contributed by atoms with Crippen molar-refractivity contribution in [2.75, 3.05) is 11.9 Å². The van der Waals surface area contributed by atoms with Crippen molar-refractivity contribution >= 4 is 35.0 Å². The minimum Gasteiger partial charge on any atom is -0.461 e. The number of hydrogen-bond donors (Lipinski definition) is 1. The Morgan fingerprint density at radius 3 is 2.41 bits per heavy atom. The molecule has 0 radical (unpaired) electrons. The van der Waals surface area contributed by atoms with Gasteiger partial charge in [-0.05, 0) is 55.2 Å². The number of esters is 1. The lowest BCUT2D eigenvalue weighted by atomic mass is 9.80. The first-order chi connectivity index (χ1) is 13.1. The van der Waals surface area contributed by atoms with Crippen molar-refractivity contribution in [2.45, 2.75) is 38.7 Å². The molecule has 1 aromatic heterocycles. The minimum atomic E-state index is -0.127. The maximum atomic E-state index is 12.1. The van der Waals surface area contributed by atoms with E-state index in [2.05, 4.69) is 15.3 Å². The standard InChI is InChI=1S/C20H23Cl2N3O2/c21-17-7-5-16(6-8-17)13-27-18(26)11-14-1-3-15(4-2-14)12-25-20-19(22)23-9-10-24-20/h5-10,14-15H,1-4,11-13H2,(H,24,25). The summed E-state index contributed by atoms with van der Waals surface area (Å²) in [6, 6.07) is 7.34. The Bertz CT molecular complexity index is 747. The highest BCUT2D eigenvalue weighted by molar-refractivity contribution is 6.31. The van der Waals surface area contributed by atoms with Gasteiger partial charge in [-0.3, -0.25) is 4.79 Å². The molecule has 2 aromatic rings. The van der Waals surface area contributed by atoms with Crippen molar-refractivity contribution < 1.29 is 9.53 Å². The number of hydrogen-bond acceptors (Lipinski definition) is 5. The molecule has 1 aliphatic carbocycles. The fraction of sp³-hybridized carbons (Fsp3) is 0.450. The number of nitrogens with one attached hydrogen (secondary N) is 1. The Balaban J connectivity index is 1.34. The van der Waals surface area contributed by atoms with Crippen LogP contribution in [0.25, 0.3) is 0 Å². The third-order valence-corrected chi connectivity index (χ3v) is 5.48. The number of carbonyl (C=O) groups excluding carboxylic acids is 1. The van der Waals surface area contributed by atoms with Crippen LogP contribution in [0.2, 0.25) is 10.2 Å². The van der Waals surface area contributed by atoms with E-state index in [0.717, 1.165) is 37.8 Å². The van der Waals surface area contributed by atoms with Gasteiger partial charge in [0.25, 0.3) is 0 Å². The molecule has 1 N–H and O–H groups in total. The molecule has 0 unspecified atom stereocenters. The normalized spacial score (nSPS) is 19.5. The molecule has 3 rings (SSSR count). The molecule has 0 bridgehead atoms. The molecule has 1 aliphatic rings. The number of rotatable bonds is 7. The summed E-state index contributed by atoms with van der Waals surface area (Å²) in [7, 11) is 0. The maximum Gasteiger partial charge on any atom is 0.306 e. The van der Waals surface area contributed by atoms with E-state index >= 15 is 0 Å². The van der Waals surface area contributed by atoms with Crippen molar-refractivity contribution in [3.05, 3.63) is 52.4 Å². The zero-order valence-electron chi connectivity index (χ0n) is 15.0. The van der Waals surface area contributed by atoms with Crippen LogP contribution in [-0.2, 0) is 16.1 Å². The van der Waals surface area contributed by atoms with Crippen molar-refractivity contribution in [3.8, 4) is 0 Å². The van der Waals surface area contributed by atoms with Gasteiger partial charge in [-0.1, -0.05) is 35.3 Å². The van der Waals surface area contributed by atoms with Gasteiger partial charge < -0.3 is 10.1 Å². The first-order valence-electron chi connectivity index (χ1n) is 9.20. The van der Waals surface area contributed by atoms with E-state index in [9.17, 15) is 4.79 Å². The third kappa shape index (κ3) is 6.36. The average Bonchev–Trinajstić information content (AvgIpc) is 2.68. The zero-order valence-corrected chi connectivity index (χ0v) is 16.5. The summed E-state index contributed by atoms with van der Waals surface area (Å²) in [6.45, 7) is 1.13. The number of nitrogens with zero attached hydrogens (tertiary/aromatic N) is 2. The number of halogens is 2. The van der Waals surface area contributed by atoms with Gasteiger partial charge in [0.1, 0.15) is 6.61 Å². The van der Waals surface area contributed by atoms with E-state index in [1.54, 1.807) is 24.5 Å². The van der Waals surface area contributed by atoms with Crippen LogP contribution in [-0.4, -0.2) is 22.5 Å². The largest absolute Gasteiger partial charge is 0.461 e. The Morgan fingerprint density at radius 2 is 1.70 bits per heavy atom. The molecular formula is C20H23Cl2N3O2. The number of benzene rings is 1. The summed E-state index contributed by atoms with van der Waals surface area (Å²) in [5, 5.41) is 4.35. The summed E-state index contributed by atoms with van der Waals surface area (Å²) in [4.78, 5) is 20.3. The van der Waals surface area contributed by atoms with Crippen molar-refractivity contribution in [3.63, 3.8) is 0 Å². The van der Waals surface area contributed by atoms with E-state index < -0.39 is 0 Å². The molecule has 0 aliphatic heterocycles. The lowest BCUT2D eigenvalue weighted by Crippen LogP contribution is -2.23. The van der Waals surface area contributed by atoms with Gasteiger partial charge in [0, 0.05) is 30.4 Å². The quantitative estimate of drug-likeness (QED) is 0.643. The second-order valence-electron chi connectivity index (χ2n) is 6.95. The molecule has 1 fully saturated rings. The molecule has 144 valence electrons. The molecule has 0 amide bonds. The maximum absolute atomic E-state index is 12.1. The van der Waals surface area contributed by atoms with Crippen LogP contribution in [0, 0.1) is 11.8 Å². The molecule has 0 saturated heterocycles. The van der Waals surface area contributed by atoms with Crippen LogP contribution in [0.15, 0.2) is 36.7 Å². The highest BCUT2D eigenvalue weighted by Gasteiger charge is 2.23. The summed E-state index contributed by atoms with van der Waals surface area (Å²) in [5.41, 5.74) is 0.949. The lowest BCUT2D eigenvalue weighted by Gasteiger charge is -2.28. The van der Waals surface area contributed by atoms with Gasteiger partial charge in [-0.2, -0.15) is 0 Å². The summed E-state index contributed by atoms with van der Waals surface area (Å²) in [5.74, 6) is 1.47. The third-order valence-electron chi connectivity index (χ3n) is 4.95. The summed E-state index contributed by atoms with van der Waals surface area (Å²) >= 11 is 11.9. The molecule has 1 saturated carbocycles. The zero-order chi connectivity index (χ0) is 19.1. The number of ether oxygens (including phenoxy) is 1. The first-order valence-corrected chi connectivity index (χ1v) is 9.96. The monoisotopic (exact) mass is 407 g/mol. The molecular weight excluding hydrogens is 385 g/mol.